The molecule has 0 radical (unpaired) electrons. The summed E-state index contributed by atoms with van der Waals surface area (Å²) in [7, 11) is 0. The number of para-hydroxylation sites is 3. The Balaban J connectivity index is 1.28. The van der Waals surface area contributed by atoms with Crippen LogP contribution in [-0.2, 0) is 5.41 Å². The summed E-state index contributed by atoms with van der Waals surface area (Å²) in [6, 6.07) is 65.0. The zero-order valence-corrected chi connectivity index (χ0v) is 27.2. The standard InChI is InChI=1S/C46H32N4/c1-4-17-31(18-5-1)43-47-44(32-19-6-2-7-20-32)49-45(48-43)36-25-16-24-35-34-23-10-11-26-37(34)46(42(35)36)38-27-12-14-29-40(38)50(33-21-8-3-9-22-33)41-30-15-13-28-39(41)46/h1-30,43H,(H,47,48,49). The molecule has 4 heteroatoms. The summed E-state index contributed by atoms with van der Waals surface area (Å²) in [4.78, 5) is 13.0. The SMILES string of the molecule is c1ccc(C2=NC(c3ccccc3)N=C(c3cccc4c3C3(c5ccccc5-4)c4ccccc4N(c4ccccc4)c4ccccc43)N2)cc1. The third kappa shape index (κ3) is 4.12. The van der Waals surface area contributed by atoms with Crippen LogP contribution in [0.3, 0.4) is 0 Å². The van der Waals surface area contributed by atoms with Gasteiger partial charge in [0, 0.05) is 16.8 Å². The minimum absolute atomic E-state index is 0.391. The molecular formula is C46H32N4. The Hall–Kier alpha value is -6.52. The molecule has 0 aromatic heterocycles. The van der Waals surface area contributed by atoms with Crippen molar-refractivity contribution in [1.29, 1.82) is 0 Å². The first-order valence-electron chi connectivity index (χ1n) is 17.1. The number of benzene rings is 7. The van der Waals surface area contributed by atoms with Gasteiger partial charge in [-0.2, -0.15) is 0 Å². The molecule has 2 aliphatic heterocycles. The van der Waals surface area contributed by atoms with E-state index in [9.17, 15) is 0 Å². The Morgan fingerprint density at radius 2 is 0.960 bits per heavy atom. The maximum atomic E-state index is 5.40. The molecule has 1 atom stereocenters. The third-order valence-corrected chi connectivity index (χ3v) is 10.3. The first-order valence-corrected chi connectivity index (χ1v) is 17.1. The van der Waals surface area contributed by atoms with Crippen LogP contribution in [0.2, 0.25) is 0 Å². The quantitative estimate of drug-likeness (QED) is 0.208. The molecule has 4 nitrogen and oxygen atoms in total. The van der Waals surface area contributed by atoms with Gasteiger partial charge in [-0.25, -0.2) is 9.98 Å². The maximum absolute atomic E-state index is 5.40. The zero-order chi connectivity index (χ0) is 33.1. The van der Waals surface area contributed by atoms with E-state index in [4.69, 9.17) is 9.98 Å². The van der Waals surface area contributed by atoms with Crippen molar-refractivity contribution in [3.8, 4) is 11.1 Å². The van der Waals surface area contributed by atoms with Crippen molar-refractivity contribution in [3.05, 3.63) is 221 Å². The molecular weight excluding hydrogens is 609 g/mol. The molecule has 0 saturated carbocycles. The summed E-state index contributed by atoms with van der Waals surface area (Å²) in [5.41, 5.74) is 13.5. The molecule has 0 amide bonds. The van der Waals surface area contributed by atoms with E-state index >= 15 is 0 Å². The van der Waals surface area contributed by atoms with Gasteiger partial charge in [-0.05, 0) is 63.2 Å². The van der Waals surface area contributed by atoms with Crippen LogP contribution in [0.25, 0.3) is 11.1 Å². The molecule has 50 heavy (non-hydrogen) atoms. The number of rotatable bonds is 4. The van der Waals surface area contributed by atoms with Crippen molar-refractivity contribution in [2.24, 2.45) is 9.98 Å². The molecule has 236 valence electrons. The molecule has 3 aliphatic rings. The van der Waals surface area contributed by atoms with Crippen molar-refractivity contribution in [2.75, 3.05) is 4.90 Å². The second-order valence-corrected chi connectivity index (χ2v) is 13.0. The fraction of sp³-hybridized carbons (Fsp3) is 0.0435. The van der Waals surface area contributed by atoms with E-state index in [0.717, 1.165) is 34.0 Å². The lowest BCUT2D eigenvalue weighted by Gasteiger charge is -2.45. The van der Waals surface area contributed by atoms with Crippen molar-refractivity contribution in [2.45, 2.75) is 11.6 Å². The number of nitrogens with one attached hydrogen (secondary N) is 1. The van der Waals surface area contributed by atoms with Crippen molar-refractivity contribution in [3.63, 3.8) is 0 Å². The van der Waals surface area contributed by atoms with Crippen molar-refractivity contribution >= 4 is 28.7 Å². The molecule has 1 N–H and O–H groups in total. The van der Waals surface area contributed by atoms with E-state index in [1.165, 1.54) is 44.8 Å². The van der Waals surface area contributed by atoms with E-state index in [1.54, 1.807) is 0 Å². The van der Waals surface area contributed by atoms with E-state index in [-0.39, 0.29) is 0 Å². The fourth-order valence-corrected chi connectivity index (χ4v) is 8.32. The molecule has 1 spiro atoms. The summed E-state index contributed by atoms with van der Waals surface area (Å²) in [6.45, 7) is 0. The first kappa shape index (κ1) is 28.5. The lowest BCUT2D eigenvalue weighted by Crippen LogP contribution is -2.40. The average molecular weight is 641 g/mol. The molecule has 0 saturated heterocycles. The third-order valence-electron chi connectivity index (χ3n) is 10.3. The van der Waals surface area contributed by atoms with Crippen LogP contribution in [0.4, 0.5) is 17.1 Å². The Morgan fingerprint density at radius 3 is 1.66 bits per heavy atom. The smallest absolute Gasteiger partial charge is 0.169 e. The Morgan fingerprint density at radius 1 is 0.440 bits per heavy atom. The van der Waals surface area contributed by atoms with Crippen molar-refractivity contribution in [1.82, 2.24) is 5.32 Å². The maximum Gasteiger partial charge on any atom is 0.169 e. The van der Waals surface area contributed by atoms with Gasteiger partial charge in [0.25, 0.3) is 0 Å². The largest absolute Gasteiger partial charge is 0.324 e. The summed E-state index contributed by atoms with van der Waals surface area (Å²) < 4.78 is 0. The summed E-state index contributed by atoms with van der Waals surface area (Å²) in [5, 5.41) is 3.74. The summed E-state index contributed by atoms with van der Waals surface area (Å²) in [5.74, 6) is 1.63. The number of aliphatic imine (C=N–C) groups is 2. The number of amidine groups is 2. The molecule has 0 bridgehead atoms. The van der Waals surface area contributed by atoms with Gasteiger partial charge in [0.2, 0.25) is 0 Å². The first-order chi connectivity index (χ1) is 24.8. The Kier molecular flexibility index (Phi) is 6.43. The van der Waals surface area contributed by atoms with Gasteiger partial charge in [0.05, 0.1) is 16.8 Å². The van der Waals surface area contributed by atoms with E-state index in [2.05, 4.69) is 180 Å². The monoisotopic (exact) mass is 640 g/mol. The van der Waals surface area contributed by atoms with Crippen LogP contribution in [0.15, 0.2) is 192 Å². The normalized spacial score (nSPS) is 16.3. The molecule has 7 aromatic rings. The van der Waals surface area contributed by atoms with Gasteiger partial charge in [-0.1, -0.05) is 158 Å². The van der Waals surface area contributed by atoms with Crippen LogP contribution in [0.1, 0.15) is 45.1 Å². The highest BCUT2D eigenvalue weighted by Crippen LogP contribution is 2.64. The predicted octanol–water partition coefficient (Wildman–Crippen LogP) is 10.3. The second kappa shape index (κ2) is 11.3. The number of nitrogens with zero attached hydrogens (tertiary/aromatic N) is 3. The minimum Gasteiger partial charge on any atom is -0.324 e. The molecule has 7 aromatic carbocycles. The van der Waals surface area contributed by atoms with E-state index in [0.29, 0.717) is 0 Å². The van der Waals surface area contributed by atoms with E-state index in [1.807, 2.05) is 12.1 Å². The van der Waals surface area contributed by atoms with Gasteiger partial charge in [-0.3, -0.25) is 0 Å². The van der Waals surface area contributed by atoms with Crippen LogP contribution in [0, 0.1) is 0 Å². The average Bonchev–Trinajstić information content (AvgIpc) is 3.50. The Bertz CT molecular complexity index is 2420. The summed E-state index contributed by atoms with van der Waals surface area (Å²) >= 11 is 0. The number of fused-ring (bicyclic) bond motifs is 9. The lowest BCUT2D eigenvalue weighted by molar-refractivity contribution is 0.740. The van der Waals surface area contributed by atoms with Crippen LogP contribution in [-0.4, -0.2) is 11.7 Å². The van der Waals surface area contributed by atoms with E-state index < -0.39 is 11.6 Å². The molecule has 0 fully saturated rings. The molecule has 1 unspecified atom stereocenters. The molecule has 1 aliphatic carbocycles. The van der Waals surface area contributed by atoms with Gasteiger partial charge in [0.15, 0.2) is 6.17 Å². The molecule has 2 heterocycles. The predicted molar refractivity (Wildman–Crippen MR) is 204 cm³/mol. The zero-order valence-electron chi connectivity index (χ0n) is 27.2. The summed E-state index contributed by atoms with van der Waals surface area (Å²) in [6.07, 6.45) is -0.391. The molecule has 10 rings (SSSR count). The number of hydrogen-bond donors (Lipinski definition) is 1. The van der Waals surface area contributed by atoms with Crippen molar-refractivity contribution < 1.29 is 0 Å². The van der Waals surface area contributed by atoms with Crippen LogP contribution >= 0.6 is 0 Å². The highest BCUT2D eigenvalue weighted by Gasteiger charge is 2.53. The number of anilines is 3. The minimum atomic E-state index is -0.602. The highest BCUT2D eigenvalue weighted by molar-refractivity contribution is 6.17. The van der Waals surface area contributed by atoms with Gasteiger partial charge < -0.3 is 10.2 Å². The van der Waals surface area contributed by atoms with Gasteiger partial charge in [-0.15, -0.1) is 0 Å². The van der Waals surface area contributed by atoms with Crippen LogP contribution < -0.4 is 10.2 Å². The topological polar surface area (TPSA) is 40.0 Å². The van der Waals surface area contributed by atoms with Gasteiger partial charge in [0.1, 0.15) is 11.7 Å². The highest BCUT2D eigenvalue weighted by atomic mass is 15.2. The lowest BCUT2D eigenvalue weighted by atomic mass is 9.63. The number of hydrogen-bond acceptors (Lipinski definition) is 4. The van der Waals surface area contributed by atoms with Crippen LogP contribution in [0.5, 0.6) is 0 Å². The van der Waals surface area contributed by atoms with Gasteiger partial charge >= 0.3 is 0 Å². The Labute approximate surface area is 291 Å². The second-order valence-electron chi connectivity index (χ2n) is 13.0. The fourth-order valence-electron chi connectivity index (χ4n) is 8.32.